The number of aromatic hydroxyl groups is 1. The first-order valence-corrected chi connectivity index (χ1v) is 7.62. The van der Waals surface area contributed by atoms with Crippen molar-refractivity contribution in [2.75, 3.05) is 5.75 Å². The number of H-pyrrole nitrogens is 1. The summed E-state index contributed by atoms with van der Waals surface area (Å²) in [5, 5.41) is 9.65. The van der Waals surface area contributed by atoms with Crippen molar-refractivity contribution in [3.63, 3.8) is 0 Å². The second-order valence-corrected chi connectivity index (χ2v) is 5.51. The van der Waals surface area contributed by atoms with Gasteiger partial charge < -0.3 is 10.1 Å². The van der Waals surface area contributed by atoms with Gasteiger partial charge in [0, 0.05) is 17.3 Å². The number of thioether (sulfide) groups is 1. The molecule has 0 saturated heterocycles. The number of aromatic amines is 1. The van der Waals surface area contributed by atoms with Gasteiger partial charge in [0.1, 0.15) is 5.75 Å². The van der Waals surface area contributed by atoms with Gasteiger partial charge in [0.2, 0.25) is 0 Å². The quantitative estimate of drug-likeness (QED) is 0.486. The molecule has 0 radical (unpaired) electrons. The van der Waals surface area contributed by atoms with Crippen LogP contribution in [0.15, 0.2) is 40.3 Å². The van der Waals surface area contributed by atoms with Crippen LogP contribution in [0.1, 0.15) is 29.4 Å². The lowest BCUT2D eigenvalue weighted by Gasteiger charge is -2.03. The maximum atomic E-state index is 12.0. The third-order valence-corrected chi connectivity index (χ3v) is 3.68. The van der Waals surface area contributed by atoms with Crippen LogP contribution in [0.3, 0.4) is 0 Å². The van der Waals surface area contributed by atoms with Gasteiger partial charge in [-0.15, -0.1) is 0 Å². The van der Waals surface area contributed by atoms with Gasteiger partial charge >= 0.3 is 0 Å². The molecule has 0 amide bonds. The number of carbonyl (C=O) groups excluding carboxylic acids is 1. The van der Waals surface area contributed by atoms with Gasteiger partial charge in [-0.3, -0.25) is 9.59 Å². The number of hydrogen-bond acceptors (Lipinski definition) is 5. The Balaban J connectivity index is 2.04. The van der Waals surface area contributed by atoms with E-state index in [1.807, 2.05) is 6.92 Å². The zero-order chi connectivity index (χ0) is 15.2. The fraction of sp³-hybridized carbons (Fsp3) is 0.267. The van der Waals surface area contributed by atoms with Crippen molar-refractivity contribution in [3.05, 3.63) is 51.9 Å². The summed E-state index contributed by atoms with van der Waals surface area (Å²) in [5.41, 5.74) is 1.06. The summed E-state index contributed by atoms with van der Waals surface area (Å²) in [5.74, 6) is 0.226. The Morgan fingerprint density at radius 3 is 2.71 bits per heavy atom. The van der Waals surface area contributed by atoms with E-state index >= 15 is 0 Å². The molecule has 110 valence electrons. The summed E-state index contributed by atoms with van der Waals surface area (Å²) in [6.45, 7) is 2.02. The van der Waals surface area contributed by atoms with Gasteiger partial charge in [-0.05, 0) is 30.7 Å². The Hall–Kier alpha value is -2.08. The minimum atomic E-state index is -0.201. The molecule has 0 aliphatic heterocycles. The van der Waals surface area contributed by atoms with E-state index in [2.05, 4.69) is 9.97 Å². The highest BCUT2D eigenvalue weighted by Crippen LogP contribution is 2.16. The van der Waals surface area contributed by atoms with Crippen LogP contribution in [0.2, 0.25) is 0 Å². The van der Waals surface area contributed by atoms with E-state index in [9.17, 15) is 14.7 Å². The maximum Gasteiger partial charge on any atom is 0.251 e. The normalized spacial score (nSPS) is 10.5. The zero-order valence-electron chi connectivity index (χ0n) is 11.6. The lowest BCUT2D eigenvalue weighted by atomic mass is 10.1. The second-order valence-electron chi connectivity index (χ2n) is 4.55. The molecule has 6 heteroatoms. The van der Waals surface area contributed by atoms with Gasteiger partial charge in [-0.1, -0.05) is 25.1 Å². The molecule has 21 heavy (non-hydrogen) atoms. The van der Waals surface area contributed by atoms with Gasteiger partial charge in [0.25, 0.3) is 5.56 Å². The number of aryl methyl sites for hydroxylation is 1. The standard InChI is InChI=1S/C15H16N2O3S/c1-2-3-11-8-14(20)17-15(16-11)21-9-13(19)10-4-6-12(18)7-5-10/h4-8,18H,2-3,9H2,1H3,(H,16,17,20). The fourth-order valence-corrected chi connectivity index (χ4v) is 2.59. The van der Waals surface area contributed by atoms with Crippen LogP contribution in [-0.2, 0) is 6.42 Å². The largest absolute Gasteiger partial charge is 0.508 e. The minimum Gasteiger partial charge on any atom is -0.508 e. The summed E-state index contributed by atoms with van der Waals surface area (Å²) >= 11 is 1.20. The second kappa shape index (κ2) is 7.08. The number of phenolic OH excluding ortho intramolecular Hbond substituents is 1. The number of nitrogens with zero attached hydrogens (tertiary/aromatic N) is 1. The number of ketones is 1. The van der Waals surface area contributed by atoms with Gasteiger partial charge in [0.05, 0.1) is 5.75 Å². The average Bonchev–Trinajstić information content (AvgIpc) is 2.45. The van der Waals surface area contributed by atoms with Crippen molar-refractivity contribution in [3.8, 4) is 5.75 Å². The number of aromatic nitrogens is 2. The lowest BCUT2D eigenvalue weighted by Crippen LogP contribution is -2.11. The molecule has 0 spiro atoms. The third-order valence-electron chi connectivity index (χ3n) is 2.81. The Kier molecular flexibility index (Phi) is 5.16. The number of rotatable bonds is 6. The molecule has 1 heterocycles. The van der Waals surface area contributed by atoms with E-state index in [0.29, 0.717) is 10.7 Å². The van der Waals surface area contributed by atoms with E-state index in [1.165, 1.54) is 30.0 Å². The van der Waals surface area contributed by atoms with Gasteiger partial charge in [0.15, 0.2) is 10.9 Å². The molecule has 0 atom stereocenters. The first-order chi connectivity index (χ1) is 10.1. The van der Waals surface area contributed by atoms with Crippen LogP contribution in [0, 0.1) is 0 Å². The van der Waals surface area contributed by atoms with Crippen molar-refractivity contribution in [2.45, 2.75) is 24.9 Å². The summed E-state index contributed by atoms with van der Waals surface area (Å²) < 4.78 is 0. The Labute approximate surface area is 126 Å². The van der Waals surface area contributed by atoms with Crippen LogP contribution in [0.5, 0.6) is 5.75 Å². The number of hydrogen-bond donors (Lipinski definition) is 2. The van der Waals surface area contributed by atoms with Gasteiger partial charge in [-0.2, -0.15) is 0 Å². The SMILES string of the molecule is CCCc1cc(=O)[nH]c(SCC(=O)c2ccc(O)cc2)n1. The van der Waals surface area contributed by atoms with Crippen molar-refractivity contribution < 1.29 is 9.90 Å². The Morgan fingerprint density at radius 1 is 1.33 bits per heavy atom. The Bertz CT molecular complexity index is 680. The molecule has 0 aliphatic carbocycles. The highest BCUT2D eigenvalue weighted by molar-refractivity contribution is 7.99. The number of benzene rings is 1. The minimum absolute atomic E-state index is 0.0801. The smallest absolute Gasteiger partial charge is 0.251 e. The van der Waals surface area contributed by atoms with Gasteiger partial charge in [-0.25, -0.2) is 4.98 Å². The molecule has 0 fully saturated rings. The monoisotopic (exact) mass is 304 g/mol. The molecular weight excluding hydrogens is 288 g/mol. The molecule has 0 unspecified atom stereocenters. The van der Waals surface area contributed by atoms with Crippen molar-refractivity contribution >= 4 is 17.5 Å². The van der Waals surface area contributed by atoms with E-state index in [-0.39, 0.29) is 22.8 Å². The Morgan fingerprint density at radius 2 is 2.05 bits per heavy atom. The summed E-state index contributed by atoms with van der Waals surface area (Å²) in [6, 6.07) is 7.57. The van der Waals surface area contributed by atoms with Crippen LogP contribution >= 0.6 is 11.8 Å². The third kappa shape index (κ3) is 4.46. The van der Waals surface area contributed by atoms with Crippen LogP contribution < -0.4 is 5.56 Å². The molecule has 0 bridgehead atoms. The highest BCUT2D eigenvalue weighted by atomic mass is 32.2. The number of carbonyl (C=O) groups is 1. The van der Waals surface area contributed by atoms with Crippen molar-refractivity contribution in [1.29, 1.82) is 0 Å². The molecule has 1 aromatic heterocycles. The molecule has 5 nitrogen and oxygen atoms in total. The molecule has 0 aliphatic rings. The van der Waals surface area contributed by atoms with E-state index in [4.69, 9.17) is 0 Å². The molecule has 2 rings (SSSR count). The fourth-order valence-electron chi connectivity index (χ4n) is 1.80. The highest BCUT2D eigenvalue weighted by Gasteiger charge is 2.08. The van der Waals surface area contributed by atoms with Crippen molar-refractivity contribution in [1.82, 2.24) is 9.97 Å². The van der Waals surface area contributed by atoms with E-state index in [0.717, 1.165) is 18.5 Å². The number of Topliss-reactive ketones (excluding diaryl/α,β-unsaturated/α-hetero) is 1. The van der Waals surface area contributed by atoms with E-state index < -0.39 is 0 Å². The van der Waals surface area contributed by atoms with E-state index in [1.54, 1.807) is 12.1 Å². The topological polar surface area (TPSA) is 83.0 Å². The summed E-state index contributed by atoms with van der Waals surface area (Å²) in [4.78, 5) is 30.5. The van der Waals surface area contributed by atoms with Crippen molar-refractivity contribution in [2.24, 2.45) is 0 Å². The first-order valence-electron chi connectivity index (χ1n) is 6.63. The number of phenols is 1. The maximum absolute atomic E-state index is 12.0. The zero-order valence-corrected chi connectivity index (χ0v) is 12.4. The van der Waals surface area contributed by atoms with Crippen LogP contribution in [-0.4, -0.2) is 26.6 Å². The predicted molar refractivity (Wildman–Crippen MR) is 82.0 cm³/mol. The average molecular weight is 304 g/mol. The molecule has 2 N–H and O–H groups in total. The summed E-state index contributed by atoms with van der Waals surface area (Å²) in [6.07, 6.45) is 1.65. The summed E-state index contributed by atoms with van der Waals surface area (Å²) in [7, 11) is 0. The van der Waals surface area contributed by atoms with Crippen LogP contribution in [0.25, 0.3) is 0 Å². The lowest BCUT2D eigenvalue weighted by molar-refractivity contribution is 0.102. The molecular formula is C15H16N2O3S. The predicted octanol–water partition coefficient (Wildman–Crippen LogP) is 2.40. The molecule has 2 aromatic rings. The number of nitrogens with one attached hydrogen (secondary N) is 1. The van der Waals surface area contributed by atoms with Crippen LogP contribution in [0.4, 0.5) is 0 Å². The molecule has 0 saturated carbocycles. The first kappa shape index (κ1) is 15.3. The molecule has 1 aromatic carbocycles.